The third kappa shape index (κ3) is 6.25. The van der Waals surface area contributed by atoms with E-state index in [0.717, 1.165) is 65.6 Å². The molecule has 0 saturated heterocycles. The predicted molar refractivity (Wildman–Crippen MR) is 198 cm³/mol. The van der Waals surface area contributed by atoms with Crippen LogP contribution in [0.25, 0.3) is 56.0 Å². The molecule has 0 aliphatic heterocycles. The number of hydrogen-bond acceptors (Lipinski definition) is 2. The summed E-state index contributed by atoms with van der Waals surface area (Å²) >= 11 is 0. The van der Waals surface area contributed by atoms with Crippen LogP contribution in [0.2, 0.25) is 0 Å². The molecule has 236 valence electrons. The maximum absolute atomic E-state index is 5.25. The minimum atomic E-state index is 0.808. The summed E-state index contributed by atoms with van der Waals surface area (Å²) in [5.41, 5.74) is 9.73. The fraction of sp³-hybridized carbons (Fsp3) is 0.256. The first-order chi connectivity index (χ1) is 23.2. The van der Waals surface area contributed by atoms with Gasteiger partial charge in [-0.3, -0.25) is 9.13 Å². The van der Waals surface area contributed by atoms with Crippen molar-refractivity contribution in [2.45, 2.75) is 72.1 Å². The lowest BCUT2D eigenvalue weighted by Crippen LogP contribution is -2.09. The number of benzene rings is 4. The summed E-state index contributed by atoms with van der Waals surface area (Å²) in [6.45, 7) is 6.71. The molecule has 0 radical (unpaired) electrons. The molecule has 4 aromatic carbocycles. The van der Waals surface area contributed by atoms with Crippen LogP contribution >= 0.6 is 0 Å². The van der Waals surface area contributed by atoms with Gasteiger partial charge in [-0.05, 0) is 90.8 Å². The molecule has 0 bridgehead atoms. The van der Waals surface area contributed by atoms with E-state index < -0.39 is 0 Å². The van der Waals surface area contributed by atoms with Gasteiger partial charge in [-0.25, -0.2) is 9.97 Å². The molecule has 47 heavy (non-hydrogen) atoms. The van der Waals surface area contributed by atoms with Gasteiger partial charge in [0.15, 0.2) is 0 Å². The average molecular weight is 617 g/mol. The Morgan fingerprint density at radius 2 is 0.936 bits per heavy atom. The number of rotatable bonds is 12. The summed E-state index contributed by atoms with van der Waals surface area (Å²) in [5.74, 6) is 2.66. The molecular formula is C43H44N4. The minimum Gasteiger partial charge on any atom is -0.294 e. The molecule has 0 aliphatic rings. The Balaban J connectivity index is 1.47. The van der Waals surface area contributed by atoms with Crippen LogP contribution in [-0.2, 0) is 19.3 Å². The van der Waals surface area contributed by atoms with Crippen LogP contribution in [0.1, 0.15) is 69.8 Å². The molecule has 0 atom stereocenters. The number of aromatic nitrogens is 4. The summed E-state index contributed by atoms with van der Waals surface area (Å²) in [6, 6.07) is 42.1. The van der Waals surface area contributed by atoms with Gasteiger partial charge in [0.25, 0.3) is 0 Å². The lowest BCUT2D eigenvalue weighted by molar-refractivity contribution is 0.795. The summed E-state index contributed by atoms with van der Waals surface area (Å²) in [5, 5.41) is 2.48. The summed E-state index contributed by atoms with van der Waals surface area (Å²) < 4.78 is 4.69. The second kappa shape index (κ2) is 13.8. The van der Waals surface area contributed by atoms with Crippen molar-refractivity contribution in [3.8, 4) is 34.2 Å². The van der Waals surface area contributed by atoms with Crippen LogP contribution in [0, 0.1) is 0 Å². The van der Waals surface area contributed by atoms with Gasteiger partial charge >= 0.3 is 0 Å². The Morgan fingerprint density at radius 1 is 0.468 bits per heavy atom. The van der Waals surface area contributed by atoms with Crippen molar-refractivity contribution >= 4 is 21.8 Å². The van der Waals surface area contributed by atoms with Gasteiger partial charge in [0, 0.05) is 23.3 Å². The maximum Gasteiger partial charge on any atom is 0.143 e. The summed E-state index contributed by atoms with van der Waals surface area (Å²) in [7, 11) is 0. The second-order valence-electron chi connectivity index (χ2n) is 12.7. The molecule has 0 N–H and O–H groups in total. The minimum absolute atomic E-state index is 0.808. The molecule has 7 rings (SSSR count). The standard InChI is InChI=1S/C43H44N4/c1-4-7-16-31-22-24-37-35(26-31)28-39(33-18-11-9-12-19-33)46(37)42-30-43(45-41(44-42)15-6-3)47-38-25-23-32(17-8-5-2)27-36(38)29-40(47)34-20-13-10-14-21-34/h9-14,18-30H,4-8,15-17H2,1-3H3. The number of aryl methyl sites for hydroxylation is 3. The molecular weight excluding hydrogens is 573 g/mol. The van der Waals surface area contributed by atoms with Gasteiger partial charge in [0.2, 0.25) is 0 Å². The Morgan fingerprint density at radius 3 is 1.36 bits per heavy atom. The molecule has 0 unspecified atom stereocenters. The third-order valence-electron chi connectivity index (χ3n) is 9.19. The van der Waals surface area contributed by atoms with Crippen molar-refractivity contribution in [2.75, 3.05) is 0 Å². The first-order valence-electron chi connectivity index (χ1n) is 17.4. The van der Waals surface area contributed by atoms with E-state index in [4.69, 9.17) is 9.97 Å². The highest BCUT2D eigenvalue weighted by Crippen LogP contribution is 2.35. The van der Waals surface area contributed by atoms with Gasteiger partial charge in [0.1, 0.15) is 17.5 Å². The van der Waals surface area contributed by atoms with Gasteiger partial charge < -0.3 is 0 Å². The maximum atomic E-state index is 5.25. The molecule has 0 aliphatic carbocycles. The lowest BCUT2D eigenvalue weighted by Gasteiger charge is -2.16. The van der Waals surface area contributed by atoms with E-state index in [1.54, 1.807) is 0 Å². The van der Waals surface area contributed by atoms with Crippen molar-refractivity contribution in [3.05, 3.63) is 132 Å². The summed E-state index contributed by atoms with van der Waals surface area (Å²) in [4.78, 5) is 10.5. The first-order valence-corrected chi connectivity index (χ1v) is 17.4. The van der Waals surface area contributed by atoms with E-state index in [9.17, 15) is 0 Å². The van der Waals surface area contributed by atoms with Crippen molar-refractivity contribution in [2.24, 2.45) is 0 Å². The monoisotopic (exact) mass is 616 g/mol. The molecule has 0 saturated carbocycles. The highest BCUT2D eigenvalue weighted by Gasteiger charge is 2.20. The van der Waals surface area contributed by atoms with Gasteiger partial charge in [-0.1, -0.05) is 106 Å². The zero-order valence-electron chi connectivity index (χ0n) is 27.9. The predicted octanol–water partition coefficient (Wildman–Crippen LogP) is 11.3. The number of unbranched alkanes of at least 4 members (excludes halogenated alkanes) is 2. The lowest BCUT2D eigenvalue weighted by atomic mass is 10.1. The fourth-order valence-corrected chi connectivity index (χ4v) is 6.77. The van der Waals surface area contributed by atoms with Crippen molar-refractivity contribution in [1.29, 1.82) is 0 Å². The summed E-state index contributed by atoms with van der Waals surface area (Å²) in [6.07, 6.45) is 8.75. The number of fused-ring (bicyclic) bond motifs is 2. The Kier molecular flexibility index (Phi) is 9.01. The van der Waals surface area contributed by atoms with E-state index in [0.29, 0.717) is 0 Å². The van der Waals surface area contributed by atoms with Gasteiger partial charge in [-0.2, -0.15) is 0 Å². The molecule has 4 heteroatoms. The number of nitrogens with zero attached hydrogens (tertiary/aromatic N) is 4. The van der Waals surface area contributed by atoms with Crippen LogP contribution in [-0.4, -0.2) is 19.1 Å². The highest BCUT2D eigenvalue weighted by molar-refractivity contribution is 5.91. The largest absolute Gasteiger partial charge is 0.294 e. The van der Waals surface area contributed by atoms with Crippen molar-refractivity contribution in [1.82, 2.24) is 19.1 Å². The molecule has 7 aromatic rings. The Bertz CT molecular complexity index is 1970. The zero-order chi connectivity index (χ0) is 32.2. The highest BCUT2D eigenvalue weighted by atomic mass is 15.1. The fourth-order valence-electron chi connectivity index (χ4n) is 6.77. The van der Waals surface area contributed by atoms with E-state index in [2.05, 4.69) is 145 Å². The molecule has 0 amide bonds. The molecule has 0 fully saturated rings. The molecule has 4 nitrogen and oxygen atoms in total. The normalized spacial score (nSPS) is 11.6. The molecule has 3 heterocycles. The second-order valence-corrected chi connectivity index (χ2v) is 12.7. The van der Waals surface area contributed by atoms with E-state index in [-0.39, 0.29) is 0 Å². The molecule has 0 spiro atoms. The van der Waals surface area contributed by atoms with Crippen LogP contribution in [0.5, 0.6) is 0 Å². The van der Waals surface area contributed by atoms with Gasteiger partial charge in [0.05, 0.1) is 22.4 Å². The van der Waals surface area contributed by atoms with E-state index in [1.807, 2.05) is 0 Å². The van der Waals surface area contributed by atoms with Crippen LogP contribution in [0.3, 0.4) is 0 Å². The average Bonchev–Trinajstić information content (AvgIpc) is 3.69. The van der Waals surface area contributed by atoms with Crippen LogP contribution in [0.4, 0.5) is 0 Å². The van der Waals surface area contributed by atoms with Crippen molar-refractivity contribution < 1.29 is 0 Å². The topological polar surface area (TPSA) is 35.6 Å². The molecule has 3 aromatic heterocycles. The third-order valence-corrected chi connectivity index (χ3v) is 9.19. The van der Waals surface area contributed by atoms with Gasteiger partial charge in [-0.15, -0.1) is 0 Å². The van der Waals surface area contributed by atoms with E-state index >= 15 is 0 Å². The van der Waals surface area contributed by atoms with E-state index in [1.165, 1.54) is 58.7 Å². The van der Waals surface area contributed by atoms with Crippen molar-refractivity contribution in [3.63, 3.8) is 0 Å². The number of hydrogen-bond donors (Lipinski definition) is 0. The Hall–Kier alpha value is -4.96. The first kappa shape index (κ1) is 30.7. The van der Waals surface area contributed by atoms with Crippen LogP contribution < -0.4 is 0 Å². The quantitative estimate of drug-likeness (QED) is 0.137. The Labute approximate surface area is 278 Å². The smallest absolute Gasteiger partial charge is 0.143 e. The zero-order valence-corrected chi connectivity index (χ0v) is 27.9. The SMILES string of the molecule is CCCCc1ccc2c(c1)cc(-c1ccccc1)n2-c1cc(-n2c(-c3ccccc3)cc3cc(CCCC)ccc32)nc(CCC)n1. The van der Waals surface area contributed by atoms with Crippen LogP contribution in [0.15, 0.2) is 115 Å².